The van der Waals surface area contributed by atoms with E-state index in [1.807, 2.05) is 33.0 Å². The van der Waals surface area contributed by atoms with Gasteiger partial charge < -0.3 is 19.4 Å². The topological polar surface area (TPSA) is 69.6 Å². The third-order valence-electron chi connectivity index (χ3n) is 3.50. The summed E-state index contributed by atoms with van der Waals surface area (Å²) in [4.78, 5) is 23.3. The lowest BCUT2D eigenvalue weighted by molar-refractivity contribution is 0.0525. The van der Waals surface area contributed by atoms with E-state index in [1.54, 1.807) is 12.1 Å². The van der Waals surface area contributed by atoms with Crippen LogP contribution in [0.3, 0.4) is 0 Å². The highest BCUT2D eigenvalue weighted by molar-refractivity contribution is 9.10. The minimum absolute atomic E-state index is 0.358. The number of nitrogens with zero attached hydrogens (tertiary/aromatic N) is 1. The Bertz CT molecular complexity index is 777. The lowest BCUT2D eigenvalue weighted by Crippen LogP contribution is -2.33. The molecule has 0 aliphatic rings. The van der Waals surface area contributed by atoms with Gasteiger partial charge in [-0.2, -0.15) is 0 Å². The van der Waals surface area contributed by atoms with Gasteiger partial charge in [-0.3, -0.25) is 0 Å². The molecule has 0 radical (unpaired) electrons. The molecule has 0 saturated carbocycles. The van der Waals surface area contributed by atoms with Gasteiger partial charge in [-0.05, 0) is 61.3 Å². The molecule has 0 aliphatic carbocycles. The van der Waals surface area contributed by atoms with Crippen LogP contribution in [0.4, 0.5) is 4.79 Å². The van der Waals surface area contributed by atoms with Crippen LogP contribution >= 0.6 is 15.9 Å². The van der Waals surface area contributed by atoms with Gasteiger partial charge in [0, 0.05) is 34.7 Å². The van der Waals surface area contributed by atoms with Crippen molar-refractivity contribution in [3.63, 3.8) is 0 Å². The second-order valence-electron chi connectivity index (χ2n) is 6.68. The number of fused-ring (bicyclic) bond motifs is 1. The monoisotopic (exact) mass is 410 g/mol. The quantitative estimate of drug-likeness (QED) is 0.594. The Kier molecular flexibility index (Phi) is 6.11. The molecule has 2 rings (SSSR count). The van der Waals surface area contributed by atoms with Gasteiger partial charge in [0.25, 0.3) is 0 Å². The maximum absolute atomic E-state index is 11.7. The molecular formula is C18H23BrN2O4. The fourth-order valence-corrected chi connectivity index (χ4v) is 3.00. The third-order valence-corrected chi connectivity index (χ3v) is 4.13. The fraction of sp³-hybridized carbons (Fsp3) is 0.444. The number of alkyl carbamates (subject to hydrolysis) is 1. The maximum atomic E-state index is 11.7. The summed E-state index contributed by atoms with van der Waals surface area (Å²) in [6.07, 6.45) is 2.32. The number of methoxy groups -OCH3 is 1. The molecule has 1 aromatic carbocycles. The Balaban J connectivity index is 1.98. The van der Waals surface area contributed by atoms with Crippen molar-refractivity contribution in [2.24, 2.45) is 0 Å². The summed E-state index contributed by atoms with van der Waals surface area (Å²) in [6.45, 7) is 6.75. The summed E-state index contributed by atoms with van der Waals surface area (Å²) in [6, 6.07) is 5.45. The van der Waals surface area contributed by atoms with E-state index < -0.39 is 11.7 Å². The van der Waals surface area contributed by atoms with E-state index in [4.69, 9.17) is 9.47 Å². The van der Waals surface area contributed by atoms with Gasteiger partial charge in [0.2, 0.25) is 0 Å². The number of carbonyl (C=O) groups excluding carboxylic acids is 2. The van der Waals surface area contributed by atoms with Crippen molar-refractivity contribution in [3.05, 3.63) is 34.4 Å². The first-order valence-electron chi connectivity index (χ1n) is 8.05. The average molecular weight is 411 g/mol. The van der Waals surface area contributed by atoms with E-state index in [2.05, 4.69) is 25.8 Å². The fourth-order valence-electron chi connectivity index (χ4n) is 2.44. The number of esters is 1. The molecule has 1 N–H and O–H groups in total. The van der Waals surface area contributed by atoms with Gasteiger partial charge in [-0.1, -0.05) is 0 Å². The molecule has 2 aromatic rings. The van der Waals surface area contributed by atoms with E-state index in [-0.39, 0.29) is 5.97 Å². The van der Waals surface area contributed by atoms with Crippen molar-refractivity contribution in [1.29, 1.82) is 0 Å². The maximum Gasteiger partial charge on any atom is 0.407 e. The summed E-state index contributed by atoms with van der Waals surface area (Å²) < 4.78 is 12.9. The Hall–Kier alpha value is -2.02. The summed E-state index contributed by atoms with van der Waals surface area (Å²) in [5, 5.41) is 3.70. The van der Waals surface area contributed by atoms with Crippen molar-refractivity contribution in [2.45, 2.75) is 39.3 Å². The zero-order valence-corrected chi connectivity index (χ0v) is 16.5. The molecule has 0 spiro atoms. The number of nitrogens with one attached hydrogen (secondary N) is 1. The van der Waals surface area contributed by atoms with Gasteiger partial charge in [0.15, 0.2) is 0 Å². The number of hydrogen-bond donors (Lipinski definition) is 1. The van der Waals surface area contributed by atoms with Gasteiger partial charge in [0.05, 0.1) is 12.7 Å². The van der Waals surface area contributed by atoms with E-state index in [9.17, 15) is 9.59 Å². The molecular weight excluding hydrogens is 388 g/mol. The lowest BCUT2D eigenvalue weighted by Gasteiger charge is -2.19. The van der Waals surface area contributed by atoms with E-state index in [0.29, 0.717) is 12.1 Å². The second kappa shape index (κ2) is 7.91. The normalized spacial score (nSPS) is 11.4. The number of halogens is 1. The summed E-state index contributed by atoms with van der Waals surface area (Å²) >= 11 is 3.53. The molecule has 0 unspecified atom stereocenters. The first kappa shape index (κ1) is 19.3. The minimum Gasteiger partial charge on any atom is -0.465 e. The van der Waals surface area contributed by atoms with Crippen LogP contribution in [-0.4, -0.2) is 35.9 Å². The summed E-state index contributed by atoms with van der Waals surface area (Å²) in [7, 11) is 1.37. The predicted octanol–water partition coefficient (Wildman–Crippen LogP) is 4.11. The van der Waals surface area contributed by atoms with Gasteiger partial charge in [-0.25, -0.2) is 9.59 Å². The first-order chi connectivity index (χ1) is 11.7. The Labute approximate surface area is 155 Å². The SMILES string of the molecule is COC(=O)c1ccc2c(c1)c(Br)cn2CCCNC(=O)OC(C)(C)C. The van der Waals surface area contributed by atoms with Gasteiger partial charge >= 0.3 is 12.1 Å². The van der Waals surface area contributed by atoms with Crippen LogP contribution < -0.4 is 5.32 Å². The van der Waals surface area contributed by atoms with Crippen molar-refractivity contribution in [1.82, 2.24) is 9.88 Å². The second-order valence-corrected chi connectivity index (χ2v) is 7.53. The molecule has 6 nitrogen and oxygen atoms in total. The number of aromatic nitrogens is 1. The number of benzene rings is 1. The zero-order chi connectivity index (χ0) is 18.6. The lowest BCUT2D eigenvalue weighted by atomic mass is 10.1. The van der Waals surface area contributed by atoms with Gasteiger partial charge in [0.1, 0.15) is 5.60 Å². The molecule has 25 heavy (non-hydrogen) atoms. The van der Waals surface area contributed by atoms with E-state index in [1.165, 1.54) is 7.11 Å². The summed E-state index contributed by atoms with van der Waals surface area (Å²) in [5.41, 5.74) is 1.03. The molecule has 1 amide bonds. The molecule has 0 fully saturated rings. The van der Waals surface area contributed by atoms with Gasteiger partial charge in [-0.15, -0.1) is 0 Å². The van der Waals surface area contributed by atoms with Crippen molar-refractivity contribution in [3.8, 4) is 0 Å². The molecule has 0 bridgehead atoms. The molecule has 1 heterocycles. The van der Waals surface area contributed by atoms with Crippen LogP contribution in [0, 0.1) is 0 Å². The number of amides is 1. The largest absolute Gasteiger partial charge is 0.465 e. The Morgan fingerprint density at radius 1 is 1.28 bits per heavy atom. The Morgan fingerprint density at radius 2 is 2.00 bits per heavy atom. The van der Waals surface area contributed by atoms with Crippen molar-refractivity contribution in [2.75, 3.05) is 13.7 Å². The summed E-state index contributed by atoms with van der Waals surface area (Å²) in [5.74, 6) is -0.358. The molecule has 136 valence electrons. The Morgan fingerprint density at radius 3 is 2.64 bits per heavy atom. The van der Waals surface area contributed by atoms with Crippen LogP contribution in [0.1, 0.15) is 37.6 Å². The van der Waals surface area contributed by atoms with E-state index in [0.717, 1.165) is 28.3 Å². The molecule has 0 atom stereocenters. The number of aryl methyl sites for hydroxylation is 1. The number of ether oxygens (including phenoxy) is 2. The molecule has 1 aromatic heterocycles. The highest BCUT2D eigenvalue weighted by atomic mass is 79.9. The minimum atomic E-state index is -0.497. The van der Waals surface area contributed by atoms with E-state index >= 15 is 0 Å². The molecule has 0 saturated heterocycles. The third kappa shape index (κ3) is 5.22. The van der Waals surface area contributed by atoms with Crippen LogP contribution in [-0.2, 0) is 16.0 Å². The number of carbonyl (C=O) groups is 2. The van der Waals surface area contributed by atoms with Crippen LogP contribution in [0.2, 0.25) is 0 Å². The van der Waals surface area contributed by atoms with Crippen molar-refractivity contribution < 1.29 is 19.1 Å². The number of rotatable bonds is 5. The standard InChI is InChI=1S/C18H23BrN2O4/c1-18(2,3)25-17(23)20-8-5-9-21-11-14(19)13-10-12(16(22)24-4)6-7-15(13)21/h6-7,10-11H,5,8-9H2,1-4H3,(H,20,23). The van der Waals surface area contributed by atoms with Crippen molar-refractivity contribution >= 4 is 38.9 Å². The van der Waals surface area contributed by atoms with Crippen LogP contribution in [0.25, 0.3) is 10.9 Å². The average Bonchev–Trinajstić information content (AvgIpc) is 2.85. The zero-order valence-electron chi connectivity index (χ0n) is 14.9. The van der Waals surface area contributed by atoms with Crippen LogP contribution in [0.15, 0.2) is 28.9 Å². The smallest absolute Gasteiger partial charge is 0.407 e. The van der Waals surface area contributed by atoms with Crippen LogP contribution in [0.5, 0.6) is 0 Å². The predicted molar refractivity (Wildman–Crippen MR) is 99.8 cm³/mol. The molecule has 7 heteroatoms. The highest BCUT2D eigenvalue weighted by Gasteiger charge is 2.15. The highest BCUT2D eigenvalue weighted by Crippen LogP contribution is 2.27. The molecule has 0 aliphatic heterocycles. The number of hydrogen-bond acceptors (Lipinski definition) is 4. The first-order valence-corrected chi connectivity index (χ1v) is 8.84.